The fourth-order valence-corrected chi connectivity index (χ4v) is 3.02. The molecule has 0 saturated carbocycles. The number of anilines is 3. The Morgan fingerprint density at radius 2 is 1.00 bits per heavy atom. The lowest BCUT2D eigenvalue weighted by Crippen LogP contribution is -2.10. The van der Waals surface area contributed by atoms with Gasteiger partial charge in [-0.25, -0.2) is 0 Å². The molecular formula is C20H17Br2N. The van der Waals surface area contributed by atoms with E-state index in [1.165, 1.54) is 11.1 Å². The highest BCUT2D eigenvalue weighted by molar-refractivity contribution is 9.10. The second kappa shape index (κ2) is 6.90. The normalized spacial score (nSPS) is 10.6. The Labute approximate surface area is 154 Å². The van der Waals surface area contributed by atoms with Gasteiger partial charge in [0.2, 0.25) is 0 Å². The largest absolute Gasteiger partial charge is 0.310 e. The predicted octanol–water partition coefficient (Wildman–Crippen LogP) is 7.30. The zero-order valence-corrected chi connectivity index (χ0v) is 16.2. The topological polar surface area (TPSA) is 3.24 Å². The highest BCUT2D eigenvalue weighted by Gasteiger charge is 2.12. The Morgan fingerprint density at radius 1 is 0.565 bits per heavy atom. The molecule has 3 aromatic carbocycles. The highest BCUT2D eigenvalue weighted by Crippen LogP contribution is 2.36. The van der Waals surface area contributed by atoms with Gasteiger partial charge in [0.05, 0.1) is 0 Å². The van der Waals surface area contributed by atoms with E-state index in [9.17, 15) is 0 Å². The van der Waals surface area contributed by atoms with E-state index in [0.717, 1.165) is 26.0 Å². The van der Waals surface area contributed by atoms with Crippen molar-refractivity contribution in [1.29, 1.82) is 0 Å². The summed E-state index contributed by atoms with van der Waals surface area (Å²) in [4.78, 5) is 2.27. The molecule has 116 valence electrons. The first-order valence-electron chi connectivity index (χ1n) is 7.43. The summed E-state index contributed by atoms with van der Waals surface area (Å²) < 4.78 is 2.16. The third-order valence-corrected chi connectivity index (χ3v) is 4.98. The smallest absolute Gasteiger partial charge is 0.0464 e. The quantitative estimate of drug-likeness (QED) is 0.421. The van der Waals surface area contributed by atoms with Gasteiger partial charge in [0.1, 0.15) is 0 Å². The molecule has 0 amide bonds. The SMILES string of the molecule is Cc1ccc(N(c2ccc(Br)cc2)c2ccc(Br)cc2)cc1C. The van der Waals surface area contributed by atoms with Crippen molar-refractivity contribution in [2.45, 2.75) is 13.8 Å². The van der Waals surface area contributed by atoms with Gasteiger partial charge in [0.25, 0.3) is 0 Å². The number of nitrogens with zero attached hydrogens (tertiary/aromatic N) is 1. The van der Waals surface area contributed by atoms with Gasteiger partial charge in [0, 0.05) is 26.0 Å². The van der Waals surface area contributed by atoms with E-state index in [1.807, 2.05) is 0 Å². The third kappa shape index (κ3) is 3.67. The minimum atomic E-state index is 1.08. The molecule has 23 heavy (non-hydrogen) atoms. The van der Waals surface area contributed by atoms with Crippen LogP contribution in [0.1, 0.15) is 11.1 Å². The minimum Gasteiger partial charge on any atom is -0.310 e. The Kier molecular flexibility index (Phi) is 4.88. The van der Waals surface area contributed by atoms with Crippen LogP contribution >= 0.6 is 31.9 Å². The fraction of sp³-hybridized carbons (Fsp3) is 0.100. The number of halogens is 2. The average molecular weight is 431 g/mol. The second-order valence-electron chi connectivity index (χ2n) is 5.56. The van der Waals surface area contributed by atoms with Gasteiger partial charge in [0.15, 0.2) is 0 Å². The van der Waals surface area contributed by atoms with Crippen LogP contribution in [-0.4, -0.2) is 0 Å². The van der Waals surface area contributed by atoms with E-state index in [2.05, 4.69) is 117 Å². The molecular weight excluding hydrogens is 414 g/mol. The fourth-order valence-electron chi connectivity index (χ4n) is 2.49. The minimum absolute atomic E-state index is 1.08. The van der Waals surface area contributed by atoms with E-state index in [4.69, 9.17) is 0 Å². The monoisotopic (exact) mass is 429 g/mol. The molecule has 0 aliphatic carbocycles. The molecule has 0 aliphatic rings. The Bertz CT molecular complexity index is 763. The molecule has 3 rings (SSSR count). The molecule has 0 atom stereocenters. The molecule has 0 N–H and O–H groups in total. The van der Waals surface area contributed by atoms with Crippen LogP contribution in [0, 0.1) is 13.8 Å². The van der Waals surface area contributed by atoms with E-state index < -0.39 is 0 Å². The first-order valence-corrected chi connectivity index (χ1v) is 9.02. The maximum atomic E-state index is 3.51. The van der Waals surface area contributed by atoms with Gasteiger partial charge < -0.3 is 4.90 Å². The van der Waals surface area contributed by atoms with Crippen LogP contribution in [0.3, 0.4) is 0 Å². The molecule has 0 aromatic heterocycles. The van der Waals surface area contributed by atoms with Crippen molar-refractivity contribution < 1.29 is 0 Å². The molecule has 1 nitrogen and oxygen atoms in total. The average Bonchev–Trinajstić information content (AvgIpc) is 2.55. The van der Waals surface area contributed by atoms with Gasteiger partial charge in [-0.1, -0.05) is 37.9 Å². The lowest BCUT2D eigenvalue weighted by atomic mass is 10.1. The van der Waals surface area contributed by atoms with Gasteiger partial charge in [-0.15, -0.1) is 0 Å². The second-order valence-corrected chi connectivity index (χ2v) is 7.39. The number of aryl methyl sites for hydroxylation is 2. The van der Waals surface area contributed by atoms with Crippen molar-refractivity contribution in [3.05, 3.63) is 86.8 Å². The van der Waals surface area contributed by atoms with Crippen molar-refractivity contribution in [3.63, 3.8) is 0 Å². The Morgan fingerprint density at radius 3 is 1.43 bits per heavy atom. The number of benzene rings is 3. The number of hydrogen-bond donors (Lipinski definition) is 0. The van der Waals surface area contributed by atoms with Crippen LogP contribution in [-0.2, 0) is 0 Å². The first-order chi connectivity index (χ1) is 11.0. The summed E-state index contributed by atoms with van der Waals surface area (Å²) in [6.07, 6.45) is 0. The molecule has 0 unspecified atom stereocenters. The molecule has 3 aromatic rings. The van der Waals surface area contributed by atoms with Crippen molar-refractivity contribution in [2.24, 2.45) is 0 Å². The number of rotatable bonds is 3. The highest BCUT2D eigenvalue weighted by atomic mass is 79.9. The zero-order chi connectivity index (χ0) is 16.4. The van der Waals surface area contributed by atoms with Crippen molar-refractivity contribution >= 4 is 48.9 Å². The van der Waals surface area contributed by atoms with Crippen LogP contribution in [0.2, 0.25) is 0 Å². The molecule has 3 heteroatoms. The summed E-state index contributed by atoms with van der Waals surface area (Å²) in [7, 11) is 0. The Balaban J connectivity index is 2.14. The standard InChI is InChI=1S/C20H17Br2N/c1-14-3-8-20(13-15(14)2)23(18-9-4-16(21)5-10-18)19-11-6-17(22)7-12-19/h3-13H,1-2H3. The van der Waals surface area contributed by atoms with Crippen LogP contribution in [0.5, 0.6) is 0 Å². The lowest BCUT2D eigenvalue weighted by molar-refractivity contribution is 1.25. The first kappa shape index (κ1) is 16.3. The van der Waals surface area contributed by atoms with Crippen LogP contribution < -0.4 is 4.90 Å². The number of hydrogen-bond acceptors (Lipinski definition) is 1. The van der Waals surface area contributed by atoms with E-state index >= 15 is 0 Å². The molecule has 0 spiro atoms. The maximum Gasteiger partial charge on any atom is 0.0464 e. The van der Waals surface area contributed by atoms with E-state index in [0.29, 0.717) is 0 Å². The summed E-state index contributed by atoms with van der Waals surface area (Å²) in [6, 6.07) is 23.4. The summed E-state index contributed by atoms with van der Waals surface area (Å²) in [6.45, 7) is 4.29. The van der Waals surface area contributed by atoms with Gasteiger partial charge in [-0.05, 0) is 85.6 Å². The predicted molar refractivity (Wildman–Crippen MR) is 106 cm³/mol. The molecule has 0 aliphatic heterocycles. The summed E-state index contributed by atoms with van der Waals surface area (Å²) in [5.41, 5.74) is 6.04. The van der Waals surface area contributed by atoms with Gasteiger partial charge in [-0.2, -0.15) is 0 Å². The Hall–Kier alpha value is -1.58. The molecule has 0 heterocycles. The maximum absolute atomic E-state index is 3.51. The van der Waals surface area contributed by atoms with Crippen molar-refractivity contribution in [1.82, 2.24) is 0 Å². The van der Waals surface area contributed by atoms with Gasteiger partial charge in [-0.3, -0.25) is 0 Å². The lowest BCUT2D eigenvalue weighted by Gasteiger charge is -2.26. The van der Waals surface area contributed by atoms with E-state index in [1.54, 1.807) is 0 Å². The molecule has 0 fully saturated rings. The summed E-state index contributed by atoms with van der Waals surface area (Å²) in [5.74, 6) is 0. The molecule has 0 saturated heterocycles. The molecule has 0 bridgehead atoms. The van der Waals surface area contributed by atoms with Crippen molar-refractivity contribution in [2.75, 3.05) is 4.90 Å². The third-order valence-electron chi connectivity index (χ3n) is 3.92. The van der Waals surface area contributed by atoms with Gasteiger partial charge >= 0.3 is 0 Å². The van der Waals surface area contributed by atoms with Crippen molar-refractivity contribution in [3.8, 4) is 0 Å². The molecule has 0 radical (unpaired) electrons. The zero-order valence-electron chi connectivity index (χ0n) is 13.1. The van der Waals surface area contributed by atoms with Crippen LogP contribution in [0.15, 0.2) is 75.7 Å². The summed E-state index contributed by atoms with van der Waals surface area (Å²) in [5, 5.41) is 0. The van der Waals surface area contributed by atoms with Crippen LogP contribution in [0.25, 0.3) is 0 Å². The summed E-state index contributed by atoms with van der Waals surface area (Å²) >= 11 is 7.03. The van der Waals surface area contributed by atoms with E-state index in [-0.39, 0.29) is 0 Å². The van der Waals surface area contributed by atoms with Crippen LogP contribution in [0.4, 0.5) is 17.1 Å².